The summed E-state index contributed by atoms with van der Waals surface area (Å²) in [4.78, 5) is 30.5. The van der Waals surface area contributed by atoms with E-state index in [9.17, 15) is 18.4 Å². The Morgan fingerprint density at radius 2 is 1.55 bits per heavy atom. The summed E-state index contributed by atoms with van der Waals surface area (Å²) in [5.74, 6) is -0.415. The maximum Gasteiger partial charge on any atom is 0.332 e. The molecule has 0 bridgehead atoms. The first-order chi connectivity index (χ1) is 14.9. The highest BCUT2D eigenvalue weighted by molar-refractivity contribution is 5.77. The van der Waals surface area contributed by atoms with Gasteiger partial charge >= 0.3 is 5.69 Å². The molecule has 0 spiro atoms. The second kappa shape index (κ2) is 8.27. The van der Waals surface area contributed by atoms with Gasteiger partial charge in [-0.05, 0) is 48.4 Å². The predicted molar refractivity (Wildman–Crippen MR) is 112 cm³/mol. The van der Waals surface area contributed by atoms with Crippen LogP contribution < -0.4 is 11.2 Å². The van der Waals surface area contributed by atoms with Crippen LogP contribution in [-0.4, -0.2) is 30.4 Å². The van der Waals surface area contributed by atoms with Gasteiger partial charge in [0.1, 0.15) is 17.5 Å². The number of rotatable bonds is 6. The zero-order valence-corrected chi connectivity index (χ0v) is 16.8. The van der Waals surface area contributed by atoms with Gasteiger partial charge in [0, 0.05) is 32.3 Å². The fraction of sp³-hybridized carbons (Fsp3) is 0.227. The molecule has 160 valence electrons. The minimum absolute atomic E-state index is 0.0611. The third kappa shape index (κ3) is 3.79. The topological polar surface area (TPSA) is 82.0 Å². The largest absolute Gasteiger partial charge is 0.396 e. The van der Waals surface area contributed by atoms with E-state index in [1.165, 1.54) is 35.9 Å². The van der Waals surface area contributed by atoms with E-state index in [0.29, 0.717) is 11.4 Å². The minimum Gasteiger partial charge on any atom is -0.396 e. The molecule has 0 aliphatic heterocycles. The van der Waals surface area contributed by atoms with E-state index < -0.39 is 17.1 Å². The number of aliphatic hydroxyl groups excluding tert-OH is 1. The molecule has 4 rings (SSSR count). The van der Waals surface area contributed by atoms with Crippen molar-refractivity contribution in [2.24, 2.45) is 7.05 Å². The van der Waals surface area contributed by atoms with Crippen LogP contribution in [0.15, 0.2) is 58.1 Å². The molecule has 0 saturated heterocycles. The van der Waals surface area contributed by atoms with E-state index in [1.807, 2.05) is 0 Å². The SMILES string of the molecule is Cn1c(=O)n(CCCO)c(=O)c2c1nc(-c1ccc(F)cc1)n2Cc1ccc(F)cc1. The molecule has 0 unspecified atom stereocenters. The fourth-order valence-corrected chi connectivity index (χ4v) is 3.54. The standard InChI is InChI=1S/C22H20F2N4O3/c1-26-20-18(21(30)27(22(26)31)11-2-12-29)28(13-14-3-7-16(23)8-4-14)19(25-20)15-5-9-17(24)10-6-15/h3-10,29H,2,11-13H2,1H3. The van der Waals surface area contributed by atoms with Crippen molar-refractivity contribution in [2.45, 2.75) is 19.5 Å². The summed E-state index contributed by atoms with van der Waals surface area (Å²) in [7, 11) is 1.52. The van der Waals surface area contributed by atoms with E-state index in [1.54, 1.807) is 28.8 Å². The lowest BCUT2D eigenvalue weighted by molar-refractivity contribution is 0.277. The first-order valence-corrected chi connectivity index (χ1v) is 9.72. The predicted octanol–water partition coefficient (Wildman–Crippen LogP) is 2.27. The highest BCUT2D eigenvalue weighted by Crippen LogP contribution is 2.24. The van der Waals surface area contributed by atoms with Crippen molar-refractivity contribution >= 4 is 11.2 Å². The van der Waals surface area contributed by atoms with Gasteiger partial charge in [-0.25, -0.2) is 18.6 Å². The number of halogens is 2. The Bertz CT molecular complexity index is 1350. The monoisotopic (exact) mass is 426 g/mol. The Hall–Kier alpha value is -3.59. The van der Waals surface area contributed by atoms with Crippen molar-refractivity contribution in [1.82, 2.24) is 18.7 Å². The van der Waals surface area contributed by atoms with E-state index in [4.69, 9.17) is 5.11 Å². The van der Waals surface area contributed by atoms with Crippen molar-refractivity contribution in [1.29, 1.82) is 0 Å². The average Bonchev–Trinajstić information content (AvgIpc) is 3.14. The van der Waals surface area contributed by atoms with E-state index in [-0.39, 0.29) is 43.1 Å². The van der Waals surface area contributed by atoms with Gasteiger partial charge in [0.2, 0.25) is 0 Å². The fourth-order valence-electron chi connectivity index (χ4n) is 3.54. The van der Waals surface area contributed by atoms with Crippen molar-refractivity contribution in [3.8, 4) is 11.4 Å². The van der Waals surface area contributed by atoms with Crippen LogP contribution in [0.3, 0.4) is 0 Å². The van der Waals surface area contributed by atoms with Crippen molar-refractivity contribution in [3.05, 3.63) is 86.6 Å². The van der Waals surface area contributed by atoms with Crippen molar-refractivity contribution in [3.63, 3.8) is 0 Å². The molecule has 0 radical (unpaired) electrons. The van der Waals surface area contributed by atoms with E-state index >= 15 is 0 Å². The van der Waals surface area contributed by atoms with Crippen LogP contribution in [0.25, 0.3) is 22.6 Å². The molecule has 0 fully saturated rings. The van der Waals surface area contributed by atoms with Crippen LogP contribution in [0, 0.1) is 11.6 Å². The van der Waals surface area contributed by atoms with E-state index in [0.717, 1.165) is 10.1 Å². The Balaban J connectivity index is 2.01. The molecule has 0 aliphatic rings. The van der Waals surface area contributed by atoms with Gasteiger partial charge < -0.3 is 9.67 Å². The Kier molecular flexibility index (Phi) is 5.51. The van der Waals surface area contributed by atoms with Gasteiger partial charge in [-0.3, -0.25) is 13.9 Å². The summed E-state index contributed by atoms with van der Waals surface area (Å²) in [5.41, 5.74) is 0.602. The molecule has 0 amide bonds. The molecule has 2 aromatic heterocycles. The second-order valence-electron chi connectivity index (χ2n) is 7.20. The highest BCUT2D eigenvalue weighted by Gasteiger charge is 2.21. The average molecular weight is 426 g/mol. The molecule has 0 atom stereocenters. The third-order valence-electron chi connectivity index (χ3n) is 5.13. The van der Waals surface area contributed by atoms with Gasteiger partial charge in [-0.2, -0.15) is 0 Å². The lowest BCUT2D eigenvalue weighted by Crippen LogP contribution is -2.39. The van der Waals surface area contributed by atoms with Gasteiger partial charge in [-0.15, -0.1) is 0 Å². The number of hydrogen-bond donors (Lipinski definition) is 1. The molecule has 0 aliphatic carbocycles. The minimum atomic E-state index is -0.539. The number of fused-ring (bicyclic) bond motifs is 1. The van der Waals surface area contributed by atoms with Gasteiger partial charge in [-0.1, -0.05) is 12.1 Å². The lowest BCUT2D eigenvalue weighted by atomic mass is 10.2. The Labute approximate surface area is 175 Å². The van der Waals surface area contributed by atoms with Gasteiger partial charge in [0.05, 0.1) is 0 Å². The summed E-state index contributed by atoms with van der Waals surface area (Å²) < 4.78 is 30.8. The number of nitrogens with zero attached hydrogens (tertiary/aromatic N) is 4. The van der Waals surface area contributed by atoms with Crippen molar-refractivity contribution < 1.29 is 13.9 Å². The molecule has 2 heterocycles. The Morgan fingerprint density at radius 3 is 2.16 bits per heavy atom. The summed E-state index contributed by atoms with van der Waals surface area (Å²) in [5, 5.41) is 9.14. The second-order valence-corrected chi connectivity index (χ2v) is 7.20. The molecular formula is C22H20F2N4O3. The molecule has 1 N–H and O–H groups in total. The Morgan fingerprint density at radius 1 is 0.935 bits per heavy atom. The molecule has 2 aromatic carbocycles. The van der Waals surface area contributed by atoms with Crippen LogP contribution in [-0.2, 0) is 20.1 Å². The van der Waals surface area contributed by atoms with Crippen LogP contribution in [0.2, 0.25) is 0 Å². The zero-order chi connectivity index (χ0) is 22.1. The number of aliphatic hydroxyl groups is 1. The van der Waals surface area contributed by atoms with Crippen LogP contribution in [0.4, 0.5) is 8.78 Å². The zero-order valence-electron chi connectivity index (χ0n) is 16.8. The molecule has 4 aromatic rings. The number of aryl methyl sites for hydroxylation is 1. The molecule has 9 heteroatoms. The summed E-state index contributed by atoms with van der Waals surface area (Å²) >= 11 is 0. The lowest BCUT2D eigenvalue weighted by Gasteiger charge is -2.11. The van der Waals surface area contributed by atoms with Crippen LogP contribution in [0.1, 0.15) is 12.0 Å². The molecule has 7 nitrogen and oxygen atoms in total. The first kappa shape index (κ1) is 20.7. The molecular weight excluding hydrogens is 406 g/mol. The smallest absolute Gasteiger partial charge is 0.332 e. The normalized spacial score (nSPS) is 11.4. The number of benzene rings is 2. The third-order valence-corrected chi connectivity index (χ3v) is 5.13. The number of aromatic nitrogens is 4. The summed E-state index contributed by atoms with van der Waals surface area (Å²) in [6, 6.07) is 11.5. The maximum absolute atomic E-state index is 13.5. The first-order valence-electron chi connectivity index (χ1n) is 9.72. The van der Waals surface area contributed by atoms with Gasteiger partial charge in [0.15, 0.2) is 11.2 Å². The van der Waals surface area contributed by atoms with Gasteiger partial charge in [0.25, 0.3) is 5.56 Å². The molecule has 31 heavy (non-hydrogen) atoms. The number of hydrogen-bond acceptors (Lipinski definition) is 4. The highest BCUT2D eigenvalue weighted by atomic mass is 19.1. The van der Waals surface area contributed by atoms with Crippen molar-refractivity contribution in [2.75, 3.05) is 6.61 Å². The molecule has 0 saturated carbocycles. The van der Waals surface area contributed by atoms with E-state index in [2.05, 4.69) is 4.98 Å². The summed E-state index contributed by atoms with van der Waals surface area (Å²) in [6.07, 6.45) is 0.248. The maximum atomic E-state index is 13.5. The summed E-state index contributed by atoms with van der Waals surface area (Å²) in [6.45, 7) is 0.0891. The number of imidazole rings is 1. The quantitative estimate of drug-likeness (QED) is 0.513. The van der Waals surface area contributed by atoms with Crippen LogP contribution >= 0.6 is 0 Å². The van der Waals surface area contributed by atoms with Crippen LogP contribution in [0.5, 0.6) is 0 Å².